The van der Waals surface area contributed by atoms with Crippen molar-refractivity contribution >= 4 is 11.1 Å². The number of nitrogens with zero attached hydrogens (tertiary/aromatic N) is 2. The van der Waals surface area contributed by atoms with Crippen LogP contribution in [0.5, 0.6) is 0 Å². The van der Waals surface area contributed by atoms with E-state index in [2.05, 4.69) is 157 Å². The average molecular weight is 542 g/mol. The summed E-state index contributed by atoms with van der Waals surface area (Å²) in [5.74, 6) is 1.94. The first-order valence-electron chi connectivity index (χ1n) is 14.5. The van der Waals surface area contributed by atoms with Gasteiger partial charge in [-0.1, -0.05) is 140 Å². The minimum Gasteiger partial charge on any atom is -0.259 e. The number of benzene rings is 5. The van der Waals surface area contributed by atoms with Crippen LogP contribution in [0.3, 0.4) is 0 Å². The number of hydrogen-bond acceptors (Lipinski definition) is 2. The molecule has 1 N–H and O–H groups in total. The average Bonchev–Trinajstić information content (AvgIpc) is 3.56. The summed E-state index contributed by atoms with van der Waals surface area (Å²) < 4.78 is 0. The van der Waals surface area contributed by atoms with Crippen LogP contribution >= 0.6 is 0 Å². The van der Waals surface area contributed by atoms with Crippen molar-refractivity contribution in [3.8, 4) is 45.0 Å². The van der Waals surface area contributed by atoms with Gasteiger partial charge in [0.2, 0.25) is 0 Å². The standard InChI is InChI=1S/C39H31N3/c1-27-22-36(29-12-6-3-7-13-29)26-37(23-27)34-16-9-17-35(25-34)39-40-38(41-42-39)31-20-18-30(19-21-31)33-15-8-14-32(24-33)28-10-4-2-5-11-28/h2-22,24-27H,23H2,1H3,(H,40,41,42). The fourth-order valence-electron chi connectivity index (χ4n) is 5.73. The molecule has 1 aromatic heterocycles. The molecule has 6 aromatic rings. The maximum absolute atomic E-state index is 4.87. The van der Waals surface area contributed by atoms with Crippen LogP contribution in [-0.4, -0.2) is 15.2 Å². The molecule has 0 saturated heterocycles. The molecule has 1 atom stereocenters. The molecule has 0 fully saturated rings. The van der Waals surface area contributed by atoms with Crippen LogP contribution in [0.2, 0.25) is 0 Å². The van der Waals surface area contributed by atoms with Gasteiger partial charge in [-0.3, -0.25) is 5.10 Å². The second-order valence-corrected chi connectivity index (χ2v) is 11.0. The summed E-state index contributed by atoms with van der Waals surface area (Å²) in [7, 11) is 0. The lowest BCUT2D eigenvalue weighted by molar-refractivity contribution is 0.752. The quantitative estimate of drug-likeness (QED) is 0.228. The number of nitrogens with one attached hydrogen (secondary N) is 1. The fourth-order valence-corrected chi connectivity index (χ4v) is 5.73. The molecular formula is C39H31N3. The predicted molar refractivity (Wildman–Crippen MR) is 174 cm³/mol. The monoisotopic (exact) mass is 541 g/mol. The van der Waals surface area contributed by atoms with Crippen molar-refractivity contribution < 1.29 is 0 Å². The minimum absolute atomic E-state index is 0.476. The Bertz CT molecular complexity index is 1900. The highest BCUT2D eigenvalue weighted by Crippen LogP contribution is 2.35. The molecule has 0 spiro atoms. The van der Waals surface area contributed by atoms with Crippen LogP contribution < -0.4 is 0 Å². The molecule has 1 aliphatic rings. The highest BCUT2D eigenvalue weighted by Gasteiger charge is 2.16. The van der Waals surface area contributed by atoms with Gasteiger partial charge < -0.3 is 0 Å². The van der Waals surface area contributed by atoms with Crippen LogP contribution in [0.15, 0.2) is 146 Å². The molecule has 3 heteroatoms. The number of aromatic amines is 1. The summed E-state index contributed by atoms with van der Waals surface area (Å²) in [6.07, 6.45) is 5.72. The van der Waals surface area contributed by atoms with Crippen LogP contribution in [0.4, 0.5) is 0 Å². The molecule has 7 rings (SSSR count). The first-order chi connectivity index (χ1) is 20.7. The SMILES string of the molecule is CC1C=C(c2ccccc2)C=C(c2cccc(-c3nc(-c4ccc(-c5cccc(-c6ccccc6)c5)cc4)n[nH]3)c2)C1. The van der Waals surface area contributed by atoms with E-state index in [0.717, 1.165) is 23.4 Å². The molecule has 0 amide bonds. The maximum Gasteiger partial charge on any atom is 0.181 e. The van der Waals surface area contributed by atoms with Gasteiger partial charge in [-0.05, 0) is 69.0 Å². The molecule has 0 bridgehead atoms. The van der Waals surface area contributed by atoms with Gasteiger partial charge in [-0.25, -0.2) is 4.98 Å². The Kier molecular flexibility index (Phi) is 6.91. The summed E-state index contributed by atoms with van der Waals surface area (Å²) in [5.41, 5.74) is 11.9. The first kappa shape index (κ1) is 25.7. The van der Waals surface area contributed by atoms with E-state index in [1.165, 1.54) is 44.5 Å². The maximum atomic E-state index is 4.87. The molecule has 1 aliphatic carbocycles. The number of aromatic nitrogens is 3. The predicted octanol–water partition coefficient (Wildman–Crippen LogP) is 9.98. The van der Waals surface area contributed by atoms with Gasteiger partial charge >= 0.3 is 0 Å². The lowest BCUT2D eigenvalue weighted by atomic mass is 9.85. The number of H-pyrrole nitrogens is 1. The number of rotatable bonds is 6. The van der Waals surface area contributed by atoms with E-state index in [-0.39, 0.29) is 0 Å². The van der Waals surface area contributed by atoms with E-state index in [0.29, 0.717) is 11.7 Å². The second kappa shape index (κ2) is 11.3. The Morgan fingerprint density at radius 3 is 1.81 bits per heavy atom. The molecule has 3 nitrogen and oxygen atoms in total. The van der Waals surface area contributed by atoms with Crippen molar-refractivity contribution in [3.05, 3.63) is 157 Å². The van der Waals surface area contributed by atoms with Crippen LogP contribution in [0.25, 0.3) is 56.2 Å². The summed E-state index contributed by atoms with van der Waals surface area (Å²) in [4.78, 5) is 4.87. The van der Waals surface area contributed by atoms with E-state index in [1.54, 1.807) is 0 Å². The van der Waals surface area contributed by atoms with Gasteiger partial charge in [-0.2, -0.15) is 5.10 Å². The van der Waals surface area contributed by atoms with E-state index in [1.807, 2.05) is 6.07 Å². The van der Waals surface area contributed by atoms with Crippen molar-refractivity contribution in [1.29, 1.82) is 0 Å². The summed E-state index contributed by atoms with van der Waals surface area (Å²) in [5, 5.41) is 7.74. The second-order valence-electron chi connectivity index (χ2n) is 11.0. The summed E-state index contributed by atoms with van der Waals surface area (Å²) in [6, 6.07) is 46.9. The Balaban J connectivity index is 1.12. The van der Waals surface area contributed by atoms with Crippen LogP contribution in [0, 0.1) is 5.92 Å². The summed E-state index contributed by atoms with van der Waals surface area (Å²) in [6.45, 7) is 2.29. The molecule has 42 heavy (non-hydrogen) atoms. The zero-order valence-corrected chi connectivity index (χ0v) is 23.5. The normalized spacial score (nSPS) is 14.7. The van der Waals surface area contributed by atoms with Gasteiger partial charge in [0.15, 0.2) is 11.6 Å². The van der Waals surface area contributed by atoms with Gasteiger partial charge in [0, 0.05) is 11.1 Å². The molecule has 0 radical (unpaired) electrons. The Morgan fingerprint density at radius 1 is 0.548 bits per heavy atom. The molecule has 0 aliphatic heterocycles. The third-order valence-electron chi connectivity index (χ3n) is 7.88. The molecule has 202 valence electrons. The third-order valence-corrected chi connectivity index (χ3v) is 7.88. The zero-order chi connectivity index (χ0) is 28.3. The van der Waals surface area contributed by atoms with Crippen molar-refractivity contribution in [2.24, 2.45) is 5.92 Å². The van der Waals surface area contributed by atoms with Crippen molar-refractivity contribution in [2.75, 3.05) is 0 Å². The van der Waals surface area contributed by atoms with E-state index in [9.17, 15) is 0 Å². The molecule has 5 aromatic carbocycles. The van der Waals surface area contributed by atoms with Crippen molar-refractivity contribution in [2.45, 2.75) is 13.3 Å². The van der Waals surface area contributed by atoms with E-state index in [4.69, 9.17) is 4.98 Å². The molecule has 1 heterocycles. The highest BCUT2D eigenvalue weighted by molar-refractivity contribution is 5.87. The van der Waals surface area contributed by atoms with Gasteiger partial charge in [-0.15, -0.1) is 0 Å². The third kappa shape index (κ3) is 5.37. The van der Waals surface area contributed by atoms with E-state index >= 15 is 0 Å². The fraction of sp³-hybridized carbons (Fsp3) is 0.0769. The van der Waals surface area contributed by atoms with Crippen molar-refractivity contribution in [1.82, 2.24) is 15.2 Å². The lowest BCUT2D eigenvalue weighted by Crippen LogP contribution is -2.01. The van der Waals surface area contributed by atoms with Crippen molar-refractivity contribution in [3.63, 3.8) is 0 Å². The Morgan fingerprint density at radius 2 is 1.10 bits per heavy atom. The molecule has 1 unspecified atom stereocenters. The smallest absolute Gasteiger partial charge is 0.181 e. The van der Waals surface area contributed by atoms with Crippen LogP contribution in [-0.2, 0) is 0 Å². The number of hydrogen-bond donors (Lipinski definition) is 1. The summed E-state index contributed by atoms with van der Waals surface area (Å²) >= 11 is 0. The first-order valence-corrected chi connectivity index (χ1v) is 14.5. The van der Waals surface area contributed by atoms with Gasteiger partial charge in [0.1, 0.15) is 0 Å². The zero-order valence-electron chi connectivity index (χ0n) is 23.5. The minimum atomic E-state index is 0.476. The Labute approximate surface area is 247 Å². The molecular weight excluding hydrogens is 510 g/mol. The lowest BCUT2D eigenvalue weighted by Gasteiger charge is -2.20. The number of allylic oxidation sites excluding steroid dienone is 4. The molecule has 0 saturated carbocycles. The Hall–Kier alpha value is -5.28. The topological polar surface area (TPSA) is 41.6 Å². The van der Waals surface area contributed by atoms with E-state index < -0.39 is 0 Å². The van der Waals surface area contributed by atoms with Gasteiger partial charge in [0.25, 0.3) is 0 Å². The van der Waals surface area contributed by atoms with Crippen LogP contribution in [0.1, 0.15) is 24.5 Å². The van der Waals surface area contributed by atoms with Gasteiger partial charge in [0.05, 0.1) is 0 Å². The highest BCUT2D eigenvalue weighted by atomic mass is 15.2. The largest absolute Gasteiger partial charge is 0.259 e.